The summed E-state index contributed by atoms with van der Waals surface area (Å²) in [6.45, 7) is 6.68. The topological polar surface area (TPSA) is 166 Å². The summed E-state index contributed by atoms with van der Waals surface area (Å²) in [5.74, 6) is -2.91. The van der Waals surface area contributed by atoms with Crippen LogP contribution < -0.4 is 21.7 Å². The SMILES string of the molecule is CCC(C)C(N)C(=O)NC(C)C(=O)NC(C)C(=O)NC(Cc1c[nH]c2ccccc12)C(=O)O. The Labute approximate surface area is 192 Å². The van der Waals surface area contributed by atoms with Crippen molar-refractivity contribution in [2.45, 2.75) is 64.7 Å². The second-order valence-electron chi connectivity index (χ2n) is 8.33. The van der Waals surface area contributed by atoms with Crippen LogP contribution >= 0.6 is 0 Å². The number of benzene rings is 1. The number of aromatic amines is 1. The molecule has 10 heteroatoms. The molecule has 1 aromatic heterocycles. The molecule has 2 aromatic rings. The van der Waals surface area contributed by atoms with Crippen LogP contribution in [-0.4, -0.2) is 57.9 Å². The van der Waals surface area contributed by atoms with E-state index in [1.807, 2.05) is 38.1 Å². The Morgan fingerprint density at radius 3 is 2.15 bits per heavy atom. The lowest BCUT2D eigenvalue weighted by Crippen LogP contribution is -2.56. The first-order valence-corrected chi connectivity index (χ1v) is 11.0. The number of aromatic nitrogens is 1. The van der Waals surface area contributed by atoms with Crippen LogP contribution in [-0.2, 0) is 25.6 Å². The smallest absolute Gasteiger partial charge is 0.326 e. The summed E-state index contributed by atoms with van der Waals surface area (Å²) in [5.41, 5.74) is 7.50. The van der Waals surface area contributed by atoms with E-state index in [2.05, 4.69) is 20.9 Å². The normalized spacial score (nSPS) is 15.7. The molecule has 2 rings (SSSR count). The Morgan fingerprint density at radius 2 is 1.55 bits per heavy atom. The van der Waals surface area contributed by atoms with Crippen molar-refractivity contribution < 1.29 is 24.3 Å². The van der Waals surface area contributed by atoms with Crippen LogP contribution in [0.4, 0.5) is 0 Å². The van der Waals surface area contributed by atoms with Gasteiger partial charge in [-0.3, -0.25) is 14.4 Å². The zero-order chi connectivity index (χ0) is 24.7. The van der Waals surface area contributed by atoms with Crippen molar-refractivity contribution in [1.82, 2.24) is 20.9 Å². The van der Waals surface area contributed by atoms with Gasteiger partial charge in [0.05, 0.1) is 6.04 Å². The number of carboxylic acids is 1. The molecule has 0 saturated carbocycles. The van der Waals surface area contributed by atoms with Crippen LogP contribution in [0.1, 0.15) is 39.7 Å². The number of carboxylic acid groups (broad SMARTS) is 1. The third kappa shape index (κ3) is 6.79. The maximum atomic E-state index is 12.6. The van der Waals surface area contributed by atoms with E-state index in [1.165, 1.54) is 13.8 Å². The average Bonchev–Trinajstić information content (AvgIpc) is 3.19. The number of nitrogens with two attached hydrogens (primary N) is 1. The molecule has 0 saturated heterocycles. The van der Waals surface area contributed by atoms with Gasteiger partial charge in [0.15, 0.2) is 0 Å². The van der Waals surface area contributed by atoms with Crippen LogP contribution in [0, 0.1) is 5.92 Å². The predicted molar refractivity (Wildman–Crippen MR) is 124 cm³/mol. The number of carbonyl (C=O) groups is 4. The van der Waals surface area contributed by atoms with E-state index in [-0.39, 0.29) is 12.3 Å². The summed E-state index contributed by atoms with van der Waals surface area (Å²) < 4.78 is 0. The zero-order valence-electron chi connectivity index (χ0n) is 19.3. The minimum absolute atomic E-state index is 0.0462. The Kier molecular flexibility index (Phi) is 8.98. The first-order valence-electron chi connectivity index (χ1n) is 11.0. The van der Waals surface area contributed by atoms with Gasteiger partial charge in [0.25, 0.3) is 0 Å². The average molecular weight is 460 g/mol. The summed E-state index contributed by atoms with van der Waals surface area (Å²) in [4.78, 5) is 52.0. The molecular formula is C23H33N5O5. The maximum absolute atomic E-state index is 12.6. The minimum Gasteiger partial charge on any atom is -0.480 e. The summed E-state index contributed by atoms with van der Waals surface area (Å²) in [5, 5.41) is 18.0. The number of fused-ring (bicyclic) bond motifs is 1. The van der Waals surface area contributed by atoms with Gasteiger partial charge in [-0.05, 0) is 31.4 Å². The second kappa shape index (κ2) is 11.5. The zero-order valence-corrected chi connectivity index (χ0v) is 19.3. The third-order valence-electron chi connectivity index (χ3n) is 5.78. The van der Waals surface area contributed by atoms with Crippen LogP contribution in [0.15, 0.2) is 30.5 Å². The number of hydrogen-bond acceptors (Lipinski definition) is 5. The van der Waals surface area contributed by atoms with Crippen LogP contribution in [0.3, 0.4) is 0 Å². The minimum atomic E-state index is -1.19. The lowest BCUT2D eigenvalue weighted by Gasteiger charge is -2.23. The van der Waals surface area contributed by atoms with E-state index in [1.54, 1.807) is 6.20 Å². The van der Waals surface area contributed by atoms with Gasteiger partial charge in [0, 0.05) is 23.5 Å². The molecule has 1 heterocycles. The van der Waals surface area contributed by atoms with Gasteiger partial charge in [0.1, 0.15) is 18.1 Å². The van der Waals surface area contributed by atoms with Crippen molar-refractivity contribution in [3.05, 3.63) is 36.0 Å². The summed E-state index contributed by atoms with van der Waals surface area (Å²) in [6, 6.07) is 3.61. The number of amides is 3. The largest absolute Gasteiger partial charge is 0.480 e. The molecule has 7 N–H and O–H groups in total. The molecular weight excluding hydrogens is 426 g/mol. The standard InChI is InChI=1S/C23H33N5O5/c1-5-12(2)19(24)22(31)27-13(3)20(29)26-14(4)21(30)28-18(23(32)33)10-15-11-25-17-9-7-6-8-16(15)17/h6-9,11-14,18-19,25H,5,10,24H2,1-4H3,(H,26,29)(H,27,31)(H,28,30)(H,32,33). The number of aliphatic carboxylic acids is 1. The van der Waals surface area contributed by atoms with E-state index < -0.39 is 47.9 Å². The molecule has 0 aliphatic carbocycles. The molecule has 0 bridgehead atoms. The third-order valence-corrected chi connectivity index (χ3v) is 5.78. The number of nitrogens with one attached hydrogen (secondary N) is 4. The van der Waals surface area contributed by atoms with E-state index in [0.717, 1.165) is 22.9 Å². The molecule has 5 unspecified atom stereocenters. The number of H-pyrrole nitrogens is 1. The number of carbonyl (C=O) groups excluding carboxylic acids is 3. The van der Waals surface area contributed by atoms with Crippen LogP contribution in [0.2, 0.25) is 0 Å². The van der Waals surface area contributed by atoms with E-state index in [0.29, 0.717) is 0 Å². The molecule has 33 heavy (non-hydrogen) atoms. The molecule has 0 aliphatic rings. The molecule has 0 fully saturated rings. The lowest BCUT2D eigenvalue weighted by atomic mass is 9.99. The highest BCUT2D eigenvalue weighted by atomic mass is 16.4. The maximum Gasteiger partial charge on any atom is 0.326 e. The van der Waals surface area contributed by atoms with Gasteiger partial charge in [-0.15, -0.1) is 0 Å². The van der Waals surface area contributed by atoms with Crippen molar-refractivity contribution in [3.63, 3.8) is 0 Å². The van der Waals surface area contributed by atoms with Gasteiger partial charge >= 0.3 is 5.97 Å². The van der Waals surface area contributed by atoms with Gasteiger partial charge in [-0.2, -0.15) is 0 Å². The Hall–Kier alpha value is -3.40. The molecule has 0 aliphatic heterocycles. The Morgan fingerprint density at radius 1 is 0.970 bits per heavy atom. The Bertz CT molecular complexity index is 1000. The summed E-state index contributed by atoms with van der Waals surface area (Å²) in [6.07, 6.45) is 2.51. The van der Waals surface area contributed by atoms with Crippen LogP contribution in [0.25, 0.3) is 10.9 Å². The van der Waals surface area contributed by atoms with E-state index in [9.17, 15) is 24.3 Å². The molecule has 10 nitrogen and oxygen atoms in total. The van der Waals surface area contributed by atoms with Gasteiger partial charge in [0.2, 0.25) is 17.7 Å². The summed E-state index contributed by atoms with van der Waals surface area (Å²) in [7, 11) is 0. The highest BCUT2D eigenvalue weighted by Gasteiger charge is 2.27. The quantitative estimate of drug-likeness (QED) is 0.289. The highest BCUT2D eigenvalue weighted by molar-refractivity contribution is 5.94. The number of para-hydroxylation sites is 1. The monoisotopic (exact) mass is 459 g/mol. The second-order valence-corrected chi connectivity index (χ2v) is 8.33. The fourth-order valence-corrected chi connectivity index (χ4v) is 3.31. The predicted octanol–water partition coefficient (Wildman–Crippen LogP) is 0.663. The van der Waals surface area contributed by atoms with Crippen molar-refractivity contribution in [2.24, 2.45) is 11.7 Å². The molecule has 1 aromatic carbocycles. The fraction of sp³-hybridized carbons (Fsp3) is 0.478. The van der Waals surface area contributed by atoms with E-state index in [4.69, 9.17) is 5.73 Å². The first-order chi connectivity index (χ1) is 15.5. The fourth-order valence-electron chi connectivity index (χ4n) is 3.31. The molecule has 180 valence electrons. The van der Waals surface area contributed by atoms with E-state index >= 15 is 0 Å². The van der Waals surface area contributed by atoms with Crippen molar-refractivity contribution >= 4 is 34.6 Å². The van der Waals surface area contributed by atoms with Crippen molar-refractivity contribution in [2.75, 3.05) is 0 Å². The molecule has 0 spiro atoms. The number of rotatable bonds is 11. The summed E-state index contributed by atoms with van der Waals surface area (Å²) >= 11 is 0. The Balaban J connectivity index is 1.94. The highest BCUT2D eigenvalue weighted by Crippen LogP contribution is 2.19. The molecule has 3 amide bonds. The molecule has 5 atom stereocenters. The van der Waals surface area contributed by atoms with Gasteiger partial charge in [-0.1, -0.05) is 38.5 Å². The van der Waals surface area contributed by atoms with Gasteiger partial charge in [-0.25, -0.2) is 4.79 Å². The van der Waals surface area contributed by atoms with Gasteiger partial charge < -0.3 is 31.8 Å². The van der Waals surface area contributed by atoms with Crippen molar-refractivity contribution in [1.29, 1.82) is 0 Å². The van der Waals surface area contributed by atoms with Crippen LogP contribution in [0.5, 0.6) is 0 Å². The van der Waals surface area contributed by atoms with Crippen molar-refractivity contribution in [3.8, 4) is 0 Å². The lowest BCUT2D eigenvalue weighted by molar-refractivity contribution is -0.142. The molecule has 0 radical (unpaired) electrons. The first kappa shape index (κ1) is 25.9. The number of hydrogen-bond donors (Lipinski definition) is 6.